The van der Waals surface area contributed by atoms with Crippen LogP contribution in [0.3, 0.4) is 0 Å². The third-order valence-corrected chi connectivity index (χ3v) is 28.0. The Morgan fingerprint density at radius 1 is 0.541 bits per heavy atom. The van der Waals surface area contributed by atoms with Gasteiger partial charge < -0.3 is 14.8 Å². The summed E-state index contributed by atoms with van der Waals surface area (Å²) in [5.74, 6) is 5.17. The first-order chi connectivity index (χ1) is 39.9. The second-order valence-electron chi connectivity index (χ2n) is 29.0. The van der Waals surface area contributed by atoms with E-state index in [2.05, 4.69) is 84.4 Å². The Morgan fingerprint density at radius 2 is 0.941 bits per heavy atom. The lowest BCUT2D eigenvalue weighted by molar-refractivity contribution is 0.0255. The molecule has 0 unspecified atom stereocenters. The molecule has 14 heteroatoms. The van der Waals surface area contributed by atoms with Crippen molar-refractivity contribution in [3.8, 4) is 16.2 Å². The number of thiophene rings is 1. The molecule has 1 aromatic heterocycles. The van der Waals surface area contributed by atoms with Crippen molar-refractivity contribution in [1.82, 2.24) is 5.32 Å². The highest BCUT2D eigenvalue weighted by molar-refractivity contribution is 7.93. The quantitative estimate of drug-likeness (QED) is 0.0912. The number of benzene rings is 3. The fourth-order valence-corrected chi connectivity index (χ4v) is 17.4. The molecule has 0 spiro atoms. The molecule has 1 saturated heterocycles. The second kappa shape index (κ2) is 31.8. The standard InChI is InChI=1S/C24H39NO3S.C24H38O4S.C23H32O2S2/c1-17(2)25-23(26)22-14-13-21(18(3)15-22)12-11-19-7-9-20(10-8-19)16-29(27,28)24(4,5)6;1-24(2,3)29(25,26)18-21-8-6-19(7-9-21)4-5-20-10-12-22(13-11-20)28-23-14-16-27-17-15-23;1-23(2,3)27(24,25)17-20-10-8-18(9-11-20)6-7-19-12-14-21(15-13-19)22-5-4-16-26-22/h13-15,17,19-20H,7-12,16H2,1-6H3,(H,25,26);10-13,19,21,23H,4-9,14-18H2,1-3H3;4-5,12-16,18,20H,6-11,17H2,1-3H3. The van der Waals surface area contributed by atoms with Crippen LogP contribution < -0.4 is 10.1 Å². The number of aryl methyl sites for hydroxylation is 4. The maximum absolute atomic E-state index is 12.5. The lowest BCUT2D eigenvalue weighted by Gasteiger charge is -2.30. The molecule has 8 rings (SSSR count). The number of carbonyl (C=O) groups is 1. The highest BCUT2D eigenvalue weighted by Gasteiger charge is 2.36. The van der Waals surface area contributed by atoms with E-state index in [0.29, 0.717) is 40.9 Å². The SMILES string of the molecule is CC(C)(C)S(=O)(=O)CC1CCC(CCc2ccc(-c3cccs3)cc2)CC1.CC(C)(C)S(=O)(=O)CC1CCC(CCc2ccc(OC3CCOCC3)cc2)CC1.Cc1cc(C(=O)NC(C)C)ccc1CCC1CCC(CS(=O)(=O)C(C)(C)C)CC1. The summed E-state index contributed by atoms with van der Waals surface area (Å²) < 4.78 is 84.2. The molecular weight excluding hydrogens is 1140 g/mol. The Labute approximate surface area is 520 Å². The van der Waals surface area contributed by atoms with Crippen molar-refractivity contribution >= 4 is 46.8 Å². The molecule has 85 heavy (non-hydrogen) atoms. The van der Waals surface area contributed by atoms with Crippen molar-refractivity contribution in [3.63, 3.8) is 0 Å². The van der Waals surface area contributed by atoms with Crippen LogP contribution in [0.1, 0.15) is 218 Å². The zero-order chi connectivity index (χ0) is 62.2. The number of hydrogen-bond donors (Lipinski definition) is 1. The number of sulfone groups is 3. The predicted molar refractivity (Wildman–Crippen MR) is 356 cm³/mol. The number of nitrogens with one attached hydrogen (secondary N) is 1. The minimum absolute atomic E-state index is 0.0156. The molecule has 0 atom stereocenters. The number of amides is 1. The maximum Gasteiger partial charge on any atom is 0.251 e. The first kappa shape index (κ1) is 70.5. The maximum atomic E-state index is 12.5. The van der Waals surface area contributed by atoms with E-state index in [4.69, 9.17) is 9.47 Å². The topological polar surface area (TPSA) is 150 Å². The minimum Gasteiger partial charge on any atom is -0.490 e. The third-order valence-electron chi connectivity index (χ3n) is 18.7. The van der Waals surface area contributed by atoms with Gasteiger partial charge in [-0.3, -0.25) is 4.79 Å². The van der Waals surface area contributed by atoms with E-state index in [0.717, 1.165) is 139 Å². The molecule has 3 saturated carbocycles. The van der Waals surface area contributed by atoms with Crippen molar-refractivity contribution < 1.29 is 39.5 Å². The van der Waals surface area contributed by atoms with Gasteiger partial charge in [0.2, 0.25) is 0 Å². The normalized spacial score (nSPS) is 22.1. The molecule has 1 aliphatic heterocycles. The van der Waals surface area contributed by atoms with Crippen molar-refractivity contribution in [2.45, 2.75) is 238 Å². The van der Waals surface area contributed by atoms with Gasteiger partial charge in [0.15, 0.2) is 29.5 Å². The highest BCUT2D eigenvalue weighted by atomic mass is 32.2. The molecule has 3 aliphatic carbocycles. The highest BCUT2D eigenvalue weighted by Crippen LogP contribution is 2.38. The predicted octanol–water partition coefficient (Wildman–Crippen LogP) is 16.6. The Morgan fingerprint density at radius 3 is 1.32 bits per heavy atom. The molecule has 10 nitrogen and oxygen atoms in total. The molecular formula is C71H109NO9S4. The van der Waals surface area contributed by atoms with E-state index in [1.54, 1.807) is 32.1 Å². The van der Waals surface area contributed by atoms with Gasteiger partial charge in [-0.15, -0.1) is 11.3 Å². The second-order valence-corrected chi connectivity index (χ2v) is 38.3. The van der Waals surface area contributed by atoms with E-state index in [1.165, 1.54) is 58.4 Å². The van der Waals surface area contributed by atoms with Gasteiger partial charge in [0.05, 0.1) is 44.7 Å². The van der Waals surface area contributed by atoms with E-state index in [9.17, 15) is 30.0 Å². The molecule has 4 aliphatic rings. The van der Waals surface area contributed by atoms with Crippen LogP contribution in [0, 0.1) is 42.4 Å². The van der Waals surface area contributed by atoms with Gasteiger partial charge in [0, 0.05) is 29.3 Å². The van der Waals surface area contributed by atoms with Gasteiger partial charge in [-0.1, -0.05) is 87.1 Å². The Bertz CT molecular complexity index is 2970. The molecule has 4 fully saturated rings. The monoisotopic (exact) mass is 1250 g/mol. The van der Waals surface area contributed by atoms with Crippen LogP contribution in [0.5, 0.6) is 5.75 Å². The zero-order valence-electron chi connectivity index (χ0n) is 54.2. The van der Waals surface area contributed by atoms with Crippen LogP contribution in [0.25, 0.3) is 10.4 Å². The van der Waals surface area contributed by atoms with Crippen LogP contribution in [-0.2, 0) is 53.5 Å². The molecule has 1 N–H and O–H groups in total. The Kier molecular flexibility index (Phi) is 26.3. The van der Waals surface area contributed by atoms with Gasteiger partial charge in [0.25, 0.3) is 5.91 Å². The average molecular weight is 1250 g/mol. The Hall–Kier alpha value is -3.56. The summed E-state index contributed by atoms with van der Waals surface area (Å²) in [6.07, 6.45) is 22.2. The first-order valence-electron chi connectivity index (χ1n) is 32.4. The summed E-state index contributed by atoms with van der Waals surface area (Å²) in [6.45, 7) is 23.9. The molecule has 476 valence electrons. The van der Waals surface area contributed by atoms with Crippen LogP contribution in [0.15, 0.2) is 84.2 Å². The van der Waals surface area contributed by atoms with Crippen LogP contribution in [0.4, 0.5) is 0 Å². The van der Waals surface area contributed by atoms with Crippen molar-refractivity contribution in [2.75, 3.05) is 30.5 Å². The number of hydrogen-bond acceptors (Lipinski definition) is 10. The Balaban J connectivity index is 0.000000204. The lowest BCUT2D eigenvalue weighted by atomic mass is 9.80. The van der Waals surface area contributed by atoms with E-state index < -0.39 is 43.8 Å². The van der Waals surface area contributed by atoms with E-state index in [1.807, 2.05) is 67.5 Å². The van der Waals surface area contributed by atoms with Crippen molar-refractivity contribution in [1.29, 1.82) is 0 Å². The van der Waals surface area contributed by atoms with Crippen LogP contribution in [-0.4, -0.2) is 88.0 Å². The molecule has 1 amide bonds. The van der Waals surface area contributed by atoms with Gasteiger partial charge in [0.1, 0.15) is 11.9 Å². The summed E-state index contributed by atoms with van der Waals surface area (Å²) in [7, 11) is -9.02. The molecule has 0 radical (unpaired) electrons. The molecule has 4 aromatic rings. The van der Waals surface area contributed by atoms with Crippen molar-refractivity contribution in [2.24, 2.45) is 35.5 Å². The summed E-state index contributed by atoms with van der Waals surface area (Å²) >= 11 is 1.78. The largest absolute Gasteiger partial charge is 0.490 e. The minimum atomic E-state index is -3.03. The van der Waals surface area contributed by atoms with Gasteiger partial charge in [-0.05, 0) is 259 Å². The molecule has 3 aromatic carbocycles. The van der Waals surface area contributed by atoms with Crippen molar-refractivity contribution in [3.05, 3.63) is 112 Å². The lowest BCUT2D eigenvalue weighted by Crippen LogP contribution is -2.34. The fourth-order valence-electron chi connectivity index (χ4n) is 12.3. The summed E-state index contributed by atoms with van der Waals surface area (Å²) in [6, 6.07) is 28.0. The van der Waals surface area contributed by atoms with E-state index in [-0.39, 0.29) is 18.1 Å². The zero-order valence-corrected chi connectivity index (χ0v) is 57.5. The fraction of sp³-hybridized carbons (Fsp3) is 0.676. The van der Waals surface area contributed by atoms with Crippen LogP contribution in [0.2, 0.25) is 0 Å². The summed E-state index contributed by atoms with van der Waals surface area (Å²) in [5.41, 5.74) is 7.28. The average Bonchev–Trinajstić information content (AvgIpc) is 4.01. The van der Waals surface area contributed by atoms with Gasteiger partial charge in [-0.2, -0.15) is 0 Å². The third kappa shape index (κ3) is 22.8. The van der Waals surface area contributed by atoms with Crippen LogP contribution >= 0.6 is 11.3 Å². The first-order valence-corrected chi connectivity index (χ1v) is 38.2. The molecule has 0 bridgehead atoms. The number of rotatable bonds is 20. The van der Waals surface area contributed by atoms with Gasteiger partial charge >= 0.3 is 0 Å². The summed E-state index contributed by atoms with van der Waals surface area (Å²) in [5, 5.41) is 5.05. The molecule has 2 heterocycles. The van der Waals surface area contributed by atoms with E-state index >= 15 is 0 Å². The van der Waals surface area contributed by atoms with Gasteiger partial charge in [-0.25, -0.2) is 25.3 Å². The number of carbonyl (C=O) groups excluding carboxylic acids is 1. The smallest absolute Gasteiger partial charge is 0.251 e. The summed E-state index contributed by atoms with van der Waals surface area (Å²) in [4.78, 5) is 13.5. The number of ether oxygens (including phenoxy) is 2.